The Hall–Kier alpha value is -2.17. The number of sulfonamides is 1. The van der Waals surface area contributed by atoms with Crippen molar-refractivity contribution >= 4 is 27.3 Å². The van der Waals surface area contributed by atoms with E-state index in [0.717, 1.165) is 31.6 Å². The summed E-state index contributed by atoms with van der Waals surface area (Å²) in [4.78, 5) is 7.61. The van der Waals surface area contributed by atoms with Crippen molar-refractivity contribution in [2.45, 2.75) is 17.2 Å². The summed E-state index contributed by atoms with van der Waals surface area (Å²) >= 11 is 5.69. The molecule has 0 bridgehead atoms. The van der Waals surface area contributed by atoms with Gasteiger partial charge in [-0.2, -0.15) is 4.31 Å². The van der Waals surface area contributed by atoms with E-state index in [0.29, 0.717) is 5.65 Å². The Kier molecular flexibility index (Phi) is 4.67. The summed E-state index contributed by atoms with van der Waals surface area (Å²) in [5.74, 6) is -3.60. The molecule has 0 N–H and O–H groups in total. The number of nitrogens with zero attached hydrogens (tertiary/aromatic N) is 4. The van der Waals surface area contributed by atoms with E-state index in [9.17, 15) is 17.2 Å². The first-order chi connectivity index (χ1) is 12.2. The molecule has 2 aromatic heterocycles. The Balaban J connectivity index is 2.10. The van der Waals surface area contributed by atoms with E-state index in [1.54, 1.807) is 0 Å². The van der Waals surface area contributed by atoms with Crippen molar-refractivity contribution < 1.29 is 21.6 Å². The van der Waals surface area contributed by atoms with Gasteiger partial charge in [-0.15, -0.1) is 0 Å². The lowest BCUT2D eigenvalue weighted by molar-refractivity contribution is -0.104. The fourth-order valence-corrected chi connectivity index (χ4v) is 3.76. The number of hydrogen-bond acceptors (Lipinski definition) is 4. The zero-order valence-corrected chi connectivity index (χ0v) is 14.8. The van der Waals surface area contributed by atoms with Gasteiger partial charge in [0.25, 0.3) is 22.2 Å². The number of halogens is 4. The van der Waals surface area contributed by atoms with Crippen molar-refractivity contribution in [2.24, 2.45) is 0 Å². The molecule has 0 saturated heterocycles. The van der Waals surface area contributed by atoms with E-state index >= 15 is 4.39 Å². The van der Waals surface area contributed by atoms with Crippen molar-refractivity contribution in [3.63, 3.8) is 0 Å². The maximum absolute atomic E-state index is 15.3. The molecule has 1 atom stereocenters. The van der Waals surface area contributed by atoms with Crippen LogP contribution in [0.2, 0.25) is 5.02 Å². The molecular weight excluding hydrogens is 393 g/mol. The molecule has 138 valence electrons. The third-order valence-electron chi connectivity index (χ3n) is 3.88. The SMILES string of the molecule is CN(C(F)(c1ccc(Cl)cc1)C(F)F)S(=O)(=O)c1cn2ccnc2cn1. The number of aromatic nitrogens is 3. The average Bonchev–Trinajstić information content (AvgIpc) is 3.08. The number of hydrogen-bond donors (Lipinski definition) is 0. The minimum atomic E-state index is -4.68. The highest BCUT2D eigenvalue weighted by atomic mass is 35.5. The Bertz CT molecular complexity index is 1040. The maximum Gasteiger partial charge on any atom is 0.290 e. The lowest BCUT2D eigenvalue weighted by Gasteiger charge is -2.33. The molecule has 6 nitrogen and oxygen atoms in total. The van der Waals surface area contributed by atoms with Crippen molar-refractivity contribution in [2.75, 3.05) is 7.05 Å². The smallest absolute Gasteiger partial charge is 0.290 e. The topological polar surface area (TPSA) is 67.6 Å². The van der Waals surface area contributed by atoms with Gasteiger partial charge in [0.2, 0.25) is 0 Å². The molecule has 1 unspecified atom stereocenters. The van der Waals surface area contributed by atoms with Crippen molar-refractivity contribution in [3.05, 3.63) is 59.6 Å². The molecule has 3 rings (SSSR count). The van der Waals surface area contributed by atoms with E-state index in [-0.39, 0.29) is 9.33 Å². The number of fused-ring (bicyclic) bond motifs is 1. The molecular formula is C15H12ClF3N4O2S. The second kappa shape index (κ2) is 6.53. The zero-order valence-electron chi connectivity index (χ0n) is 13.2. The van der Waals surface area contributed by atoms with Crippen LogP contribution in [0.5, 0.6) is 0 Å². The molecule has 1 aromatic carbocycles. The summed E-state index contributed by atoms with van der Waals surface area (Å²) in [5, 5.41) is -0.398. The van der Waals surface area contributed by atoms with E-state index in [2.05, 4.69) is 9.97 Å². The molecule has 0 aliphatic carbocycles. The number of alkyl halides is 3. The molecule has 0 aliphatic heterocycles. The molecule has 3 aromatic rings. The minimum Gasteiger partial charge on any atom is -0.303 e. The molecule has 0 radical (unpaired) electrons. The largest absolute Gasteiger partial charge is 0.303 e. The third kappa shape index (κ3) is 2.93. The van der Waals surface area contributed by atoms with Crippen LogP contribution >= 0.6 is 11.6 Å². The summed E-state index contributed by atoms with van der Waals surface area (Å²) in [5.41, 5.74) is -0.198. The third-order valence-corrected chi connectivity index (χ3v) is 5.85. The van der Waals surface area contributed by atoms with Crippen LogP contribution in [0.1, 0.15) is 5.56 Å². The highest BCUT2D eigenvalue weighted by molar-refractivity contribution is 7.89. The van der Waals surface area contributed by atoms with Gasteiger partial charge in [0, 0.05) is 36.2 Å². The molecule has 0 saturated carbocycles. The van der Waals surface area contributed by atoms with Crippen LogP contribution in [0.3, 0.4) is 0 Å². The van der Waals surface area contributed by atoms with Crippen LogP contribution < -0.4 is 0 Å². The summed E-state index contributed by atoms with van der Waals surface area (Å²) in [6.45, 7) is 0. The highest BCUT2D eigenvalue weighted by Crippen LogP contribution is 2.39. The molecule has 11 heteroatoms. The van der Waals surface area contributed by atoms with Gasteiger partial charge >= 0.3 is 0 Å². The van der Waals surface area contributed by atoms with E-state index < -0.39 is 32.8 Å². The molecule has 26 heavy (non-hydrogen) atoms. The predicted molar refractivity (Wildman–Crippen MR) is 88.2 cm³/mol. The van der Waals surface area contributed by atoms with Crippen LogP contribution in [-0.2, 0) is 15.8 Å². The van der Waals surface area contributed by atoms with Gasteiger partial charge < -0.3 is 4.40 Å². The fourth-order valence-electron chi connectivity index (χ4n) is 2.38. The van der Waals surface area contributed by atoms with Gasteiger partial charge in [0.15, 0.2) is 10.7 Å². The summed E-state index contributed by atoms with van der Waals surface area (Å²) in [6.07, 6.45) is 1.42. The quantitative estimate of drug-likeness (QED) is 0.613. The van der Waals surface area contributed by atoms with Crippen molar-refractivity contribution in [1.29, 1.82) is 0 Å². The lowest BCUT2D eigenvalue weighted by atomic mass is 10.1. The average molecular weight is 405 g/mol. The normalized spacial score (nSPS) is 14.9. The summed E-state index contributed by atoms with van der Waals surface area (Å²) < 4.78 is 69.3. The van der Waals surface area contributed by atoms with Crippen LogP contribution in [0.25, 0.3) is 5.65 Å². The number of imidazole rings is 1. The predicted octanol–water partition coefficient (Wildman–Crippen LogP) is 3.09. The first-order valence-corrected chi connectivity index (χ1v) is 9.00. The second-order valence-corrected chi connectivity index (χ2v) is 7.72. The van der Waals surface area contributed by atoms with Crippen LogP contribution in [0.15, 0.2) is 54.1 Å². The van der Waals surface area contributed by atoms with Crippen LogP contribution in [0, 0.1) is 0 Å². The molecule has 0 amide bonds. The maximum atomic E-state index is 15.3. The second-order valence-electron chi connectivity index (χ2n) is 5.37. The monoisotopic (exact) mass is 404 g/mol. The van der Waals surface area contributed by atoms with Gasteiger partial charge in [-0.25, -0.2) is 31.6 Å². The first kappa shape index (κ1) is 18.6. The fraction of sp³-hybridized carbons (Fsp3) is 0.200. The Morgan fingerprint density at radius 3 is 2.50 bits per heavy atom. The van der Waals surface area contributed by atoms with Gasteiger partial charge in [-0.3, -0.25) is 0 Å². The van der Waals surface area contributed by atoms with E-state index in [1.807, 2.05) is 0 Å². The Morgan fingerprint density at radius 2 is 1.88 bits per heavy atom. The van der Waals surface area contributed by atoms with Gasteiger partial charge in [0.1, 0.15) is 0 Å². The lowest BCUT2D eigenvalue weighted by Crippen LogP contribution is -2.49. The first-order valence-electron chi connectivity index (χ1n) is 7.18. The molecule has 0 fully saturated rings. The van der Waals surface area contributed by atoms with E-state index in [4.69, 9.17) is 11.6 Å². The van der Waals surface area contributed by atoms with Gasteiger partial charge in [-0.05, 0) is 12.1 Å². The molecule has 0 spiro atoms. The standard InChI is InChI=1S/C15H12ClF3N4O2S/c1-22(15(19,14(17)18)10-2-4-11(16)5-3-10)26(24,25)13-9-23-7-6-20-12(23)8-21-13/h2-9,14H,1H3. The number of rotatable bonds is 5. The zero-order chi connectivity index (χ0) is 19.1. The van der Waals surface area contributed by atoms with Crippen LogP contribution in [-0.4, -0.2) is 40.6 Å². The van der Waals surface area contributed by atoms with Crippen LogP contribution in [0.4, 0.5) is 13.2 Å². The summed E-state index contributed by atoms with van der Waals surface area (Å²) in [6, 6.07) is 4.41. The molecule has 0 aliphatic rings. The van der Waals surface area contributed by atoms with Gasteiger partial charge in [0.05, 0.1) is 6.20 Å². The Morgan fingerprint density at radius 1 is 1.23 bits per heavy atom. The molecule has 2 heterocycles. The number of benzene rings is 1. The summed E-state index contributed by atoms with van der Waals surface area (Å²) in [7, 11) is -3.95. The van der Waals surface area contributed by atoms with Crippen molar-refractivity contribution in [3.8, 4) is 0 Å². The highest BCUT2D eigenvalue weighted by Gasteiger charge is 2.52. The minimum absolute atomic E-state index is 0.0288. The van der Waals surface area contributed by atoms with Crippen molar-refractivity contribution in [1.82, 2.24) is 18.7 Å². The Labute approximate surface area is 151 Å². The van der Waals surface area contributed by atoms with Gasteiger partial charge in [-0.1, -0.05) is 23.7 Å². The van der Waals surface area contributed by atoms with E-state index in [1.165, 1.54) is 28.9 Å².